The van der Waals surface area contributed by atoms with Gasteiger partial charge in [0.2, 0.25) is 5.91 Å². The molecule has 1 heterocycles. The number of carbonyl (C=O) groups excluding carboxylic acids is 2. The van der Waals surface area contributed by atoms with Crippen molar-refractivity contribution in [2.24, 2.45) is 5.73 Å². The first-order valence-corrected chi connectivity index (χ1v) is 9.17. The molecule has 0 bridgehead atoms. The van der Waals surface area contributed by atoms with Crippen LogP contribution < -0.4 is 10.7 Å². The van der Waals surface area contributed by atoms with Crippen LogP contribution in [-0.2, 0) is 22.6 Å². The monoisotopic (exact) mass is 381 g/mol. The first kappa shape index (κ1) is 19.4. The summed E-state index contributed by atoms with van der Waals surface area (Å²) in [5, 5.41) is 12.6. The van der Waals surface area contributed by atoms with Crippen molar-refractivity contribution in [3.05, 3.63) is 65.7 Å². The lowest BCUT2D eigenvalue weighted by atomic mass is 9.99. The maximum Gasteiger partial charge on any atom is 0.426 e. The maximum absolute atomic E-state index is 12.3. The summed E-state index contributed by atoms with van der Waals surface area (Å²) in [4.78, 5) is 35.3. The fourth-order valence-electron chi connectivity index (χ4n) is 3.61. The van der Waals surface area contributed by atoms with Crippen molar-refractivity contribution in [3.63, 3.8) is 0 Å². The third-order valence-corrected chi connectivity index (χ3v) is 4.83. The highest BCUT2D eigenvalue weighted by atomic mass is 16.4. The molecule has 146 valence electrons. The molecule has 2 aromatic carbocycles. The standard InChI is InChI=1S/C21H23N3O4/c22-20(26)13-18(25)12-17(11-10-15-6-2-1-3-7-15)24-19-9-5-4-8-16(19)14-23(24)21(27)28/h1-9,17H,10-14H2,(H2,22,26)(H,27,28). The minimum atomic E-state index is -1.08. The zero-order chi connectivity index (χ0) is 20.1. The van der Waals surface area contributed by atoms with Gasteiger partial charge in [-0.2, -0.15) is 0 Å². The molecule has 2 aromatic rings. The Bertz CT molecular complexity index is 869. The molecule has 0 saturated carbocycles. The number of Topliss-reactive ketones (excluding diaryl/α,β-unsaturated/α-hetero) is 1. The van der Waals surface area contributed by atoms with E-state index in [0.29, 0.717) is 12.8 Å². The summed E-state index contributed by atoms with van der Waals surface area (Å²) < 4.78 is 0. The van der Waals surface area contributed by atoms with Gasteiger partial charge < -0.3 is 10.8 Å². The van der Waals surface area contributed by atoms with Gasteiger partial charge in [-0.25, -0.2) is 9.80 Å². The quantitative estimate of drug-likeness (QED) is 0.684. The van der Waals surface area contributed by atoms with Gasteiger partial charge in [-0.3, -0.25) is 14.6 Å². The van der Waals surface area contributed by atoms with Crippen molar-refractivity contribution < 1.29 is 19.5 Å². The number of amides is 2. The minimum Gasteiger partial charge on any atom is -0.464 e. The van der Waals surface area contributed by atoms with E-state index in [2.05, 4.69) is 0 Å². The first-order chi connectivity index (χ1) is 13.5. The summed E-state index contributed by atoms with van der Waals surface area (Å²) in [7, 11) is 0. The van der Waals surface area contributed by atoms with Crippen molar-refractivity contribution in [3.8, 4) is 0 Å². The number of carboxylic acid groups (broad SMARTS) is 1. The molecule has 7 nitrogen and oxygen atoms in total. The second-order valence-corrected chi connectivity index (χ2v) is 6.88. The van der Waals surface area contributed by atoms with Crippen molar-refractivity contribution in [2.45, 2.75) is 38.3 Å². The predicted octanol–water partition coefficient (Wildman–Crippen LogP) is 2.74. The molecule has 1 atom stereocenters. The fraction of sp³-hybridized carbons (Fsp3) is 0.286. The molecule has 0 radical (unpaired) electrons. The Labute approximate surface area is 163 Å². The van der Waals surface area contributed by atoms with Crippen LogP contribution in [0, 0.1) is 0 Å². The van der Waals surface area contributed by atoms with E-state index in [1.165, 1.54) is 5.01 Å². The highest BCUT2D eigenvalue weighted by molar-refractivity contribution is 5.97. The number of ketones is 1. The molecule has 0 spiro atoms. The van der Waals surface area contributed by atoms with Gasteiger partial charge in [0.15, 0.2) is 0 Å². The van der Waals surface area contributed by atoms with E-state index in [1.54, 1.807) is 5.01 Å². The number of rotatable bonds is 8. The number of anilines is 1. The maximum atomic E-state index is 12.3. The summed E-state index contributed by atoms with van der Waals surface area (Å²) in [5.41, 5.74) is 7.92. The molecule has 1 aliphatic heterocycles. The van der Waals surface area contributed by atoms with E-state index in [1.807, 2.05) is 54.6 Å². The molecule has 1 aliphatic rings. The second kappa shape index (κ2) is 8.56. The molecule has 3 N–H and O–H groups in total. The van der Waals surface area contributed by atoms with Gasteiger partial charge in [-0.1, -0.05) is 48.5 Å². The number of nitrogens with two attached hydrogens (primary N) is 1. The number of hydrazine groups is 1. The Morgan fingerprint density at radius 3 is 2.39 bits per heavy atom. The number of carbonyl (C=O) groups is 3. The molecule has 7 heteroatoms. The van der Waals surface area contributed by atoms with Crippen LogP contribution in [0.2, 0.25) is 0 Å². The summed E-state index contributed by atoms with van der Waals surface area (Å²) in [6, 6.07) is 16.8. The van der Waals surface area contributed by atoms with Gasteiger partial charge in [0.1, 0.15) is 5.78 Å². The lowest BCUT2D eigenvalue weighted by Crippen LogP contribution is -2.48. The van der Waals surface area contributed by atoms with Crippen LogP contribution in [0.5, 0.6) is 0 Å². The molecular weight excluding hydrogens is 358 g/mol. The van der Waals surface area contributed by atoms with Crippen LogP contribution >= 0.6 is 0 Å². The zero-order valence-corrected chi connectivity index (χ0v) is 15.5. The highest BCUT2D eigenvalue weighted by Crippen LogP contribution is 2.35. The molecule has 3 rings (SSSR count). The number of primary amides is 1. The van der Waals surface area contributed by atoms with Crippen molar-refractivity contribution in [1.29, 1.82) is 0 Å². The van der Waals surface area contributed by atoms with Gasteiger partial charge >= 0.3 is 6.09 Å². The SMILES string of the molecule is NC(=O)CC(=O)CC(CCc1ccccc1)N1c2ccccc2CN1C(=O)O. The first-order valence-electron chi connectivity index (χ1n) is 9.17. The van der Waals surface area contributed by atoms with E-state index in [4.69, 9.17) is 5.73 Å². The number of hydrogen-bond acceptors (Lipinski definition) is 4. The molecular formula is C21H23N3O4. The Hall–Kier alpha value is -3.35. The molecule has 0 aromatic heterocycles. The summed E-state index contributed by atoms with van der Waals surface area (Å²) in [6.45, 7) is 0.233. The highest BCUT2D eigenvalue weighted by Gasteiger charge is 2.36. The van der Waals surface area contributed by atoms with E-state index < -0.39 is 18.0 Å². The van der Waals surface area contributed by atoms with Gasteiger partial charge in [0, 0.05) is 6.42 Å². The number of hydrogen-bond donors (Lipinski definition) is 2. The van der Waals surface area contributed by atoms with E-state index in [-0.39, 0.29) is 25.2 Å². The third-order valence-electron chi connectivity index (χ3n) is 4.83. The van der Waals surface area contributed by atoms with Crippen LogP contribution in [-0.4, -0.2) is 33.9 Å². The van der Waals surface area contributed by atoms with Crippen LogP contribution in [0.4, 0.5) is 10.5 Å². The lowest BCUT2D eigenvalue weighted by Gasteiger charge is -2.35. The van der Waals surface area contributed by atoms with Gasteiger partial charge in [0.25, 0.3) is 0 Å². The van der Waals surface area contributed by atoms with E-state index in [9.17, 15) is 19.5 Å². The van der Waals surface area contributed by atoms with Gasteiger partial charge in [-0.15, -0.1) is 0 Å². The summed E-state index contributed by atoms with van der Waals surface area (Å²) in [5.74, 6) is -0.969. The number of nitrogens with zero attached hydrogens (tertiary/aromatic N) is 2. The topological polar surface area (TPSA) is 104 Å². The molecule has 0 aliphatic carbocycles. The molecule has 1 unspecified atom stereocenters. The lowest BCUT2D eigenvalue weighted by molar-refractivity contribution is -0.126. The predicted molar refractivity (Wildman–Crippen MR) is 104 cm³/mol. The Balaban J connectivity index is 1.88. The minimum absolute atomic E-state index is 0.0495. The van der Waals surface area contributed by atoms with Crippen molar-refractivity contribution in [2.75, 3.05) is 5.01 Å². The van der Waals surface area contributed by atoms with Crippen LogP contribution in [0.15, 0.2) is 54.6 Å². The molecule has 0 fully saturated rings. The average Bonchev–Trinajstić information content (AvgIpc) is 3.05. The summed E-state index contributed by atoms with van der Waals surface area (Å²) >= 11 is 0. The Morgan fingerprint density at radius 1 is 1.04 bits per heavy atom. The number of fused-ring (bicyclic) bond motifs is 1. The average molecular weight is 381 g/mol. The Morgan fingerprint density at radius 2 is 1.71 bits per heavy atom. The van der Waals surface area contributed by atoms with E-state index in [0.717, 1.165) is 16.8 Å². The number of para-hydroxylation sites is 1. The number of benzene rings is 2. The second-order valence-electron chi connectivity index (χ2n) is 6.88. The van der Waals surface area contributed by atoms with Crippen molar-refractivity contribution in [1.82, 2.24) is 5.01 Å². The molecule has 2 amide bonds. The van der Waals surface area contributed by atoms with Crippen molar-refractivity contribution >= 4 is 23.5 Å². The molecule has 0 saturated heterocycles. The van der Waals surface area contributed by atoms with E-state index >= 15 is 0 Å². The normalized spacial score (nSPS) is 13.9. The Kier molecular flexibility index (Phi) is 5.93. The van der Waals surface area contributed by atoms with Crippen LogP contribution in [0.3, 0.4) is 0 Å². The zero-order valence-electron chi connectivity index (χ0n) is 15.5. The third kappa shape index (κ3) is 4.49. The fourth-order valence-corrected chi connectivity index (χ4v) is 3.61. The smallest absolute Gasteiger partial charge is 0.426 e. The van der Waals surface area contributed by atoms with Crippen LogP contribution in [0.1, 0.15) is 30.4 Å². The largest absolute Gasteiger partial charge is 0.464 e. The number of aryl methyl sites for hydroxylation is 1. The molecule has 28 heavy (non-hydrogen) atoms. The summed E-state index contributed by atoms with van der Waals surface area (Å²) in [6.07, 6.45) is -0.130. The van der Waals surface area contributed by atoms with Gasteiger partial charge in [-0.05, 0) is 30.0 Å². The van der Waals surface area contributed by atoms with Crippen LogP contribution in [0.25, 0.3) is 0 Å². The van der Waals surface area contributed by atoms with Gasteiger partial charge in [0.05, 0.1) is 24.7 Å².